The molecule has 0 aliphatic carbocycles. The number of rotatable bonds is 6. The summed E-state index contributed by atoms with van der Waals surface area (Å²) in [5.74, 6) is 1.37. The Hall–Kier alpha value is -2.66. The zero-order valence-corrected chi connectivity index (χ0v) is 17.5. The number of aromatic nitrogens is 1. The number of likely N-dealkylation sites (tertiary alicyclic amines) is 1. The summed E-state index contributed by atoms with van der Waals surface area (Å²) in [6.45, 7) is 4.15. The van der Waals surface area contributed by atoms with E-state index in [4.69, 9.17) is 4.74 Å². The predicted octanol–water partition coefficient (Wildman–Crippen LogP) is 4.97. The molecule has 4 rings (SSSR count). The van der Waals surface area contributed by atoms with Crippen molar-refractivity contribution < 1.29 is 9.53 Å². The van der Waals surface area contributed by atoms with E-state index in [9.17, 15) is 4.79 Å². The predicted molar refractivity (Wildman–Crippen MR) is 117 cm³/mol. The van der Waals surface area contributed by atoms with Gasteiger partial charge in [-0.05, 0) is 37.5 Å². The van der Waals surface area contributed by atoms with Gasteiger partial charge in [0, 0.05) is 25.4 Å². The fraction of sp³-hybridized carbons (Fsp3) is 0.333. The Bertz CT molecular complexity index is 940. The average Bonchev–Trinajstić information content (AvgIpc) is 3.13. The largest absolute Gasteiger partial charge is 0.493 e. The molecule has 4 nitrogen and oxygen atoms in total. The van der Waals surface area contributed by atoms with Gasteiger partial charge in [0.05, 0.1) is 17.3 Å². The number of piperidine rings is 1. The molecule has 1 aromatic heterocycles. The lowest BCUT2D eigenvalue weighted by molar-refractivity contribution is 0.0637. The quantitative estimate of drug-likeness (QED) is 0.580. The molecule has 2 aromatic carbocycles. The monoisotopic (exact) mass is 406 g/mol. The minimum atomic E-state index is 0.115. The first-order chi connectivity index (χ1) is 14.2. The van der Waals surface area contributed by atoms with Crippen LogP contribution < -0.4 is 4.74 Å². The summed E-state index contributed by atoms with van der Waals surface area (Å²) in [4.78, 5) is 20.6. The van der Waals surface area contributed by atoms with E-state index in [0.717, 1.165) is 53.7 Å². The van der Waals surface area contributed by atoms with Crippen LogP contribution >= 0.6 is 11.3 Å². The Morgan fingerprint density at radius 3 is 2.62 bits per heavy atom. The van der Waals surface area contributed by atoms with Gasteiger partial charge in [-0.3, -0.25) is 4.79 Å². The van der Waals surface area contributed by atoms with Crippen molar-refractivity contribution in [3.63, 3.8) is 0 Å². The lowest BCUT2D eigenvalue weighted by Crippen LogP contribution is -2.41. The summed E-state index contributed by atoms with van der Waals surface area (Å²) >= 11 is 1.53. The lowest BCUT2D eigenvalue weighted by atomic mass is 9.98. The van der Waals surface area contributed by atoms with Crippen LogP contribution in [0.2, 0.25) is 0 Å². The highest BCUT2D eigenvalue weighted by molar-refractivity contribution is 7.13. The number of nitrogens with zero attached hydrogens (tertiary/aromatic N) is 2. The van der Waals surface area contributed by atoms with Gasteiger partial charge in [0.2, 0.25) is 0 Å². The number of ether oxygens (including phenoxy) is 1. The molecule has 1 aliphatic heterocycles. The maximum absolute atomic E-state index is 13.2. The van der Waals surface area contributed by atoms with Crippen LogP contribution in [-0.2, 0) is 6.42 Å². The second kappa shape index (κ2) is 9.23. The Morgan fingerprint density at radius 1 is 1.14 bits per heavy atom. The molecular weight excluding hydrogens is 380 g/mol. The number of benzene rings is 2. The highest BCUT2D eigenvalue weighted by atomic mass is 32.1. The smallest absolute Gasteiger partial charge is 0.265 e. The molecule has 0 spiro atoms. The van der Waals surface area contributed by atoms with Crippen LogP contribution in [0.15, 0.2) is 60.7 Å². The summed E-state index contributed by atoms with van der Waals surface area (Å²) in [5, 5.41) is 0.998. The van der Waals surface area contributed by atoms with Crippen LogP contribution in [0.3, 0.4) is 0 Å². The maximum Gasteiger partial charge on any atom is 0.265 e. The normalized spacial score (nSPS) is 16.6. The molecule has 5 heteroatoms. The molecule has 3 aromatic rings. The summed E-state index contributed by atoms with van der Waals surface area (Å²) in [5.41, 5.74) is 2.06. The molecule has 1 aliphatic rings. The van der Waals surface area contributed by atoms with Crippen molar-refractivity contribution >= 4 is 17.2 Å². The number of thiazole rings is 1. The first-order valence-electron chi connectivity index (χ1n) is 10.2. The van der Waals surface area contributed by atoms with Gasteiger partial charge in [-0.25, -0.2) is 4.98 Å². The number of para-hydroxylation sites is 1. The fourth-order valence-corrected chi connectivity index (χ4v) is 4.82. The lowest BCUT2D eigenvalue weighted by Gasteiger charge is -2.32. The molecule has 1 amide bonds. The van der Waals surface area contributed by atoms with E-state index in [1.807, 2.05) is 60.4 Å². The summed E-state index contributed by atoms with van der Waals surface area (Å²) in [6.07, 6.45) is 2.88. The van der Waals surface area contributed by atoms with Gasteiger partial charge in [-0.1, -0.05) is 48.5 Å². The van der Waals surface area contributed by atoms with Gasteiger partial charge in [0.1, 0.15) is 10.6 Å². The van der Waals surface area contributed by atoms with Crippen molar-refractivity contribution in [2.24, 2.45) is 5.92 Å². The minimum Gasteiger partial charge on any atom is -0.493 e. The van der Waals surface area contributed by atoms with Gasteiger partial charge in [-0.2, -0.15) is 0 Å². The highest BCUT2D eigenvalue weighted by Crippen LogP contribution is 2.25. The van der Waals surface area contributed by atoms with Gasteiger partial charge < -0.3 is 9.64 Å². The van der Waals surface area contributed by atoms with E-state index in [1.165, 1.54) is 16.9 Å². The first kappa shape index (κ1) is 19.6. The van der Waals surface area contributed by atoms with E-state index in [1.54, 1.807) is 0 Å². The molecule has 1 fully saturated rings. The summed E-state index contributed by atoms with van der Waals surface area (Å²) in [6, 6.07) is 20.2. The van der Waals surface area contributed by atoms with Gasteiger partial charge in [-0.15, -0.1) is 11.3 Å². The molecule has 0 radical (unpaired) electrons. The molecule has 2 heterocycles. The fourth-order valence-electron chi connectivity index (χ4n) is 3.76. The second-order valence-electron chi connectivity index (χ2n) is 7.57. The van der Waals surface area contributed by atoms with Crippen molar-refractivity contribution in [2.45, 2.75) is 26.2 Å². The maximum atomic E-state index is 13.2. The number of aryl methyl sites for hydroxylation is 1. The number of carbonyl (C=O) groups is 1. The average molecular weight is 407 g/mol. The summed E-state index contributed by atoms with van der Waals surface area (Å²) < 4.78 is 5.93. The Balaban J connectivity index is 1.38. The number of carbonyl (C=O) groups excluding carboxylic acids is 1. The Labute approximate surface area is 176 Å². The summed E-state index contributed by atoms with van der Waals surface area (Å²) in [7, 11) is 0. The topological polar surface area (TPSA) is 42.4 Å². The second-order valence-corrected chi connectivity index (χ2v) is 8.65. The molecule has 150 valence electrons. The Kier molecular flexibility index (Phi) is 6.25. The van der Waals surface area contributed by atoms with Crippen molar-refractivity contribution in [1.29, 1.82) is 0 Å². The van der Waals surface area contributed by atoms with Crippen LogP contribution in [-0.4, -0.2) is 35.5 Å². The standard InChI is InChI=1S/C24H26N2O2S/c1-18-23(29-22(25-18)15-19-9-4-2-5-10-19)24(27)26-14-8-11-20(16-26)17-28-21-12-6-3-7-13-21/h2-7,9-10,12-13,20H,8,11,14-17H2,1H3. The molecule has 1 saturated heterocycles. The highest BCUT2D eigenvalue weighted by Gasteiger charge is 2.27. The number of hydrogen-bond donors (Lipinski definition) is 0. The van der Waals surface area contributed by atoms with Crippen LogP contribution in [0.5, 0.6) is 5.75 Å². The zero-order chi connectivity index (χ0) is 20.1. The first-order valence-corrected chi connectivity index (χ1v) is 11.0. The van der Waals surface area contributed by atoms with Crippen molar-refractivity contribution in [1.82, 2.24) is 9.88 Å². The van der Waals surface area contributed by atoms with E-state index in [2.05, 4.69) is 17.1 Å². The molecule has 1 atom stereocenters. The van der Waals surface area contributed by atoms with Gasteiger partial charge in [0.25, 0.3) is 5.91 Å². The van der Waals surface area contributed by atoms with Crippen molar-refractivity contribution in [2.75, 3.05) is 19.7 Å². The number of amides is 1. The zero-order valence-electron chi connectivity index (χ0n) is 16.7. The van der Waals surface area contributed by atoms with E-state index < -0.39 is 0 Å². The number of hydrogen-bond acceptors (Lipinski definition) is 4. The third-order valence-electron chi connectivity index (χ3n) is 5.27. The van der Waals surface area contributed by atoms with Gasteiger partial charge >= 0.3 is 0 Å². The molecule has 1 unspecified atom stereocenters. The van der Waals surface area contributed by atoms with E-state index in [0.29, 0.717) is 12.5 Å². The third-order valence-corrected chi connectivity index (χ3v) is 6.41. The minimum absolute atomic E-state index is 0.115. The molecule has 0 saturated carbocycles. The third kappa shape index (κ3) is 5.04. The van der Waals surface area contributed by atoms with Crippen LogP contribution in [0.1, 0.15) is 38.8 Å². The van der Waals surface area contributed by atoms with E-state index >= 15 is 0 Å². The van der Waals surface area contributed by atoms with Crippen molar-refractivity contribution in [3.8, 4) is 5.75 Å². The SMILES string of the molecule is Cc1nc(Cc2ccccc2)sc1C(=O)N1CCCC(COc2ccccc2)C1. The Morgan fingerprint density at radius 2 is 1.86 bits per heavy atom. The van der Waals surface area contributed by atoms with Crippen LogP contribution in [0.25, 0.3) is 0 Å². The molecule has 0 bridgehead atoms. The molecular formula is C24H26N2O2S. The van der Waals surface area contributed by atoms with Gasteiger partial charge in [0.15, 0.2) is 0 Å². The molecule has 29 heavy (non-hydrogen) atoms. The van der Waals surface area contributed by atoms with E-state index in [-0.39, 0.29) is 5.91 Å². The van der Waals surface area contributed by atoms with Crippen molar-refractivity contribution in [3.05, 3.63) is 81.8 Å². The van der Waals surface area contributed by atoms with Crippen LogP contribution in [0.4, 0.5) is 0 Å². The van der Waals surface area contributed by atoms with Crippen LogP contribution in [0, 0.1) is 12.8 Å². The molecule has 0 N–H and O–H groups in total.